The largest absolute Gasteiger partial charge is 0.496 e. The number of nitro benzene ring substituents is 1. The number of amides is 1. The molecule has 0 bridgehead atoms. The van der Waals surface area contributed by atoms with E-state index < -0.39 is 10.8 Å². The second kappa shape index (κ2) is 7.67. The number of hydrogen-bond acceptors (Lipinski definition) is 5. The lowest BCUT2D eigenvalue weighted by atomic mass is 10.1. The molecule has 8 nitrogen and oxygen atoms in total. The average Bonchev–Trinajstić information content (AvgIpc) is 3.10. The number of nitro groups is 1. The molecule has 0 saturated carbocycles. The molecule has 0 spiro atoms. The van der Waals surface area contributed by atoms with Crippen LogP contribution >= 0.6 is 0 Å². The molecule has 1 N–H and O–H groups in total. The van der Waals surface area contributed by atoms with E-state index in [0.29, 0.717) is 28.5 Å². The summed E-state index contributed by atoms with van der Waals surface area (Å²) in [6.45, 7) is 1.96. The SMILES string of the molecule is COc1ccccc1-c1nc2cc(C)ccn2c1NC(=O)c1ccc([N+](=O)[O-])cc1. The molecule has 0 saturated heterocycles. The van der Waals surface area contributed by atoms with Gasteiger partial charge in [0, 0.05) is 29.5 Å². The van der Waals surface area contributed by atoms with Crippen LogP contribution in [-0.4, -0.2) is 27.3 Å². The van der Waals surface area contributed by atoms with Crippen molar-refractivity contribution in [3.63, 3.8) is 0 Å². The lowest BCUT2D eigenvalue weighted by Gasteiger charge is -2.10. The maximum Gasteiger partial charge on any atom is 0.269 e. The van der Waals surface area contributed by atoms with E-state index in [4.69, 9.17) is 9.72 Å². The van der Waals surface area contributed by atoms with Crippen LogP contribution in [0.25, 0.3) is 16.9 Å². The number of nitrogens with zero attached hydrogens (tertiary/aromatic N) is 3. The van der Waals surface area contributed by atoms with Gasteiger partial charge in [0.2, 0.25) is 0 Å². The number of fused-ring (bicyclic) bond motifs is 1. The first-order valence-corrected chi connectivity index (χ1v) is 9.16. The standard InChI is InChI=1S/C22H18N4O4/c1-14-11-12-25-19(13-14)23-20(17-5-3-4-6-18(17)30-2)21(25)24-22(27)15-7-9-16(10-8-15)26(28)29/h3-13H,1-2H3,(H,24,27). The van der Waals surface area contributed by atoms with Crippen molar-refractivity contribution in [3.8, 4) is 17.0 Å². The second-order valence-corrected chi connectivity index (χ2v) is 6.70. The fourth-order valence-electron chi connectivity index (χ4n) is 3.21. The summed E-state index contributed by atoms with van der Waals surface area (Å²) in [5.41, 5.74) is 3.23. The first kappa shape index (κ1) is 19.1. The summed E-state index contributed by atoms with van der Waals surface area (Å²) in [6, 6.07) is 16.7. The smallest absolute Gasteiger partial charge is 0.269 e. The zero-order valence-electron chi connectivity index (χ0n) is 16.3. The van der Waals surface area contributed by atoms with Crippen molar-refractivity contribution < 1.29 is 14.5 Å². The quantitative estimate of drug-likeness (QED) is 0.392. The summed E-state index contributed by atoms with van der Waals surface area (Å²) < 4.78 is 7.26. The van der Waals surface area contributed by atoms with E-state index >= 15 is 0 Å². The molecule has 150 valence electrons. The third kappa shape index (κ3) is 3.46. The Balaban J connectivity index is 1.80. The van der Waals surface area contributed by atoms with E-state index in [-0.39, 0.29) is 5.69 Å². The van der Waals surface area contributed by atoms with Crippen LogP contribution in [0.5, 0.6) is 5.75 Å². The minimum atomic E-state index is -0.506. The predicted octanol–water partition coefficient (Wildman–Crippen LogP) is 4.48. The minimum Gasteiger partial charge on any atom is -0.496 e. The van der Waals surface area contributed by atoms with Gasteiger partial charge in [-0.3, -0.25) is 19.3 Å². The van der Waals surface area contributed by atoms with Gasteiger partial charge in [-0.05, 0) is 48.9 Å². The number of para-hydroxylation sites is 1. The Bertz CT molecular complexity index is 1260. The molecule has 1 amide bonds. The van der Waals surface area contributed by atoms with Crippen molar-refractivity contribution in [2.45, 2.75) is 6.92 Å². The van der Waals surface area contributed by atoms with Crippen molar-refractivity contribution in [1.82, 2.24) is 9.38 Å². The van der Waals surface area contributed by atoms with Crippen LogP contribution < -0.4 is 10.1 Å². The first-order valence-electron chi connectivity index (χ1n) is 9.16. The van der Waals surface area contributed by atoms with Crippen molar-refractivity contribution in [2.75, 3.05) is 12.4 Å². The molecule has 2 aromatic carbocycles. The number of aryl methyl sites for hydroxylation is 1. The number of hydrogen-bond donors (Lipinski definition) is 1. The molecule has 0 aliphatic rings. The normalized spacial score (nSPS) is 10.7. The van der Waals surface area contributed by atoms with Gasteiger partial charge in [0.15, 0.2) is 0 Å². The summed E-state index contributed by atoms with van der Waals surface area (Å²) in [5.74, 6) is 0.713. The van der Waals surface area contributed by atoms with Crippen LogP contribution in [0.1, 0.15) is 15.9 Å². The van der Waals surface area contributed by atoms with E-state index in [0.717, 1.165) is 11.1 Å². The van der Waals surface area contributed by atoms with Gasteiger partial charge in [-0.1, -0.05) is 12.1 Å². The minimum absolute atomic E-state index is 0.0773. The molecule has 0 radical (unpaired) electrons. The third-order valence-electron chi connectivity index (χ3n) is 4.72. The lowest BCUT2D eigenvalue weighted by Crippen LogP contribution is -2.14. The first-order chi connectivity index (χ1) is 14.5. The Hall–Kier alpha value is -4.20. The number of methoxy groups -OCH3 is 1. The Morgan fingerprint density at radius 2 is 1.87 bits per heavy atom. The number of rotatable bonds is 5. The van der Waals surface area contributed by atoms with Crippen LogP contribution in [0.3, 0.4) is 0 Å². The molecule has 0 aliphatic carbocycles. The highest BCUT2D eigenvalue weighted by atomic mass is 16.6. The van der Waals surface area contributed by atoms with Gasteiger partial charge in [0.25, 0.3) is 11.6 Å². The van der Waals surface area contributed by atoms with Gasteiger partial charge in [-0.25, -0.2) is 4.98 Å². The Morgan fingerprint density at radius 1 is 1.13 bits per heavy atom. The van der Waals surface area contributed by atoms with Crippen molar-refractivity contribution in [3.05, 3.63) is 88.1 Å². The van der Waals surface area contributed by atoms with E-state index in [1.807, 2.05) is 49.5 Å². The summed E-state index contributed by atoms with van der Waals surface area (Å²) in [6.07, 6.45) is 1.84. The number of anilines is 1. The van der Waals surface area contributed by atoms with Gasteiger partial charge in [-0.15, -0.1) is 0 Å². The molecule has 8 heteroatoms. The summed E-state index contributed by atoms with van der Waals surface area (Å²) in [7, 11) is 1.58. The fraction of sp³-hybridized carbons (Fsp3) is 0.0909. The highest BCUT2D eigenvalue weighted by Gasteiger charge is 2.20. The van der Waals surface area contributed by atoms with Crippen LogP contribution in [0, 0.1) is 17.0 Å². The zero-order chi connectivity index (χ0) is 21.3. The van der Waals surface area contributed by atoms with Crippen LogP contribution in [-0.2, 0) is 0 Å². The van der Waals surface area contributed by atoms with E-state index in [1.54, 1.807) is 11.5 Å². The number of carbonyl (C=O) groups is 1. The number of imidazole rings is 1. The molecule has 4 aromatic rings. The topological polar surface area (TPSA) is 98.8 Å². The number of non-ortho nitro benzene ring substituents is 1. The number of benzene rings is 2. The number of carbonyl (C=O) groups excluding carboxylic acids is 1. The summed E-state index contributed by atoms with van der Waals surface area (Å²) in [5, 5.41) is 13.8. The van der Waals surface area contributed by atoms with Crippen molar-refractivity contribution in [2.24, 2.45) is 0 Å². The molecule has 0 fully saturated rings. The molecular weight excluding hydrogens is 384 g/mol. The number of pyridine rings is 1. The third-order valence-corrected chi connectivity index (χ3v) is 4.72. The molecular formula is C22H18N4O4. The zero-order valence-corrected chi connectivity index (χ0v) is 16.3. The van der Waals surface area contributed by atoms with Crippen molar-refractivity contribution >= 4 is 23.1 Å². The monoisotopic (exact) mass is 402 g/mol. The highest BCUT2D eigenvalue weighted by molar-refractivity contribution is 6.06. The lowest BCUT2D eigenvalue weighted by molar-refractivity contribution is -0.384. The number of ether oxygens (including phenoxy) is 1. The Kier molecular flexibility index (Phi) is 4.89. The predicted molar refractivity (Wildman–Crippen MR) is 113 cm³/mol. The molecule has 0 aliphatic heterocycles. The molecule has 0 atom stereocenters. The summed E-state index contributed by atoms with van der Waals surface area (Å²) >= 11 is 0. The second-order valence-electron chi connectivity index (χ2n) is 6.70. The van der Waals surface area contributed by atoms with E-state index in [9.17, 15) is 14.9 Å². The van der Waals surface area contributed by atoms with Crippen LogP contribution in [0.2, 0.25) is 0 Å². The highest BCUT2D eigenvalue weighted by Crippen LogP contribution is 2.35. The van der Waals surface area contributed by atoms with E-state index in [2.05, 4.69) is 5.32 Å². The maximum atomic E-state index is 12.9. The Morgan fingerprint density at radius 3 is 2.57 bits per heavy atom. The number of aromatic nitrogens is 2. The summed E-state index contributed by atoms with van der Waals surface area (Å²) in [4.78, 5) is 28.0. The van der Waals surface area contributed by atoms with Gasteiger partial charge >= 0.3 is 0 Å². The van der Waals surface area contributed by atoms with Gasteiger partial charge in [0.05, 0.1) is 12.0 Å². The van der Waals surface area contributed by atoms with Gasteiger partial charge < -0.3 is 10.1 Å². The van der Waals surface area contributed by atoms with E-state index in [1.165, 1.54) is 24.3 Å². The van der Waals surface area contributed by atoms with Gasteiger partial charge in [0.1, 0.15) is 22.9 Å². The molecule has 0 unspecified atom stereocenters. The van der Waals surface area contributed by atoms with Crippen LogP contribution in [0.4, 0.5) is 11.5 Å². The fourth-order valence-corrected chi connectivity index (χ4v) is 3.21. The van der Waals surface area contributed by atoms with Crippen molar-refractivity contribution in [1.29, 1.82) is 0 Å². The molecule has 30 heavy (non-hydrogen) atoms. The number of nitrogens with one attached hydrogen (secondary N) is 1. The van der Waals surface area contributed by atoms with Crippen LogP contribution in [0.15, 0.2) is 66.9 Å². The average molecular weight is 402 g/mol. The molecule has 2 heterocycles. The Labute approximate surface area is 171 Å². The molecule has 4 rings (SSSR count). The van der Waals surface area contributed by atoms with Gasteiger partial charge in [-0.2, -0.15) is 0 Å². The maximum absolute atomic E-state index is 12.9. The molecule has 2 aromatic heterocycles.